The predicted molar refractivity (Wildman–Crippen MR) is 92.8 cm³/mol. The SMILES string of the molecule is N#CC(CC(Cl)(Cl)Cl)N=C(c1ccccc1)c1ccccc1. The molecular formula is C17H13Cl3N2. The minimum absolute atomic E-state index is 0.0390. The van der Waals surface area contributed by atoms with Crippen LogP contribution in [0.4, 0.5) is 0 Å². The Morgan fingerprint density at radius 1 is 0.955 bits per heavy atom. The maximum Gasteiger partial charge on any atom is 0.193 e. The summed E-state index contributed by atoms with van der Waals surface area (Å²) >= 11 is 17.4. The van der Waals surface area contributed by atoms with E-state index in [-0.39, 0.29) is 6.42 Å². The number of benzene rings is 2. The van der Waals surface area contributed by atoms with E-state index in [0.717, 1.165) is 11.1 Å². The average Bonchev–Trinajstić information content (AvgIpc) is 2.52. The van der Waals surface area contributed by atoms with Gasteiger partial charge in [-0.25, -0.2) is 0 Å². The highest BCUT2D eigenvalue weighted by Gasteiger charge is 2.25. The Kier molecular flexibility index (Phi) is 5.85. The van der Waals surface area contributed by atoms with Crippen molar-refractivity contribution in [1.29, 1.82) is 5.26 Å². The average molecular weight is 352 g/mol. The van der Waals surface area contributed by atoms with Gasteiger partial charge in [0.2, 0.25) is 0 Å². The fourth-order valence-electron chi connectivity index (χ4n) is 2.00. The Morgan fingerprint density at radius 3 is 1.77 bits per heavy atom. The lowest BCUT2D eigenvalue weighted by Gasteiger charge is -2.14. The van der Waals surface area contributed by atoms with E-state index in [9.17, 15) is 5.26 Å². The number of nitrogens with zero attached hydrogens (tertiary/aromatic N) is 2. The Labute approximate surface area is 145 Å². The van der Waals surface area contributed by atoms with Crippen molar-refractivity contribution >= 4 is 40.5 Å². The van der Waals surface area contributed by atoms with E-state index >= 15 is 0 Å². The maximum absolute atomic E-state index is 9.30. The van der Waals surface area contributed by atoms with Crippen LogP contribution in [-0.2, 0) is 0 Å². The minimum Gasteiger partial charge on any atom is -0.265 e. The molecule has 22 heavy (non-hydrogen) atoms. The number of rotatable bonds is 4. The van der Waals surface area contributed by atoms with E-state index < -0.39 is 9.83 Å². The van der Waals surface area contributed by atoms with Gasteiger partial charge in [0.1, 0.15) is 6.04 Å². The van der Waals surface area contributed by atoms with Crippen LogP contribution in [0.5, 0.6) is 0 Å². The first kappa shape index (κ1) is 16.8. The van der Waals surface area contributed by atoms with E-state index in [1.807, 2.05) is 60.7 Å². The fraction of sp³-hybridized carbons (Fsp3) is 0.176. The van der Waals surface area contributed by atoms with Gasteiger partial charge in [-0.05, 0) is 0 Å². The molecule has 0 aliphatic rings. The van der Waals surface area contributed by atoms with Crippen LogP contribution in [0.3, 0.4) is 0 Å². The van der Waals surface area contributed by atoms with Gasteiger partial charge >= 0.3 is 0 Å². The first-order valence-corrected chi connectivity index (χ1v) is 7.78. The van der Waals surface area contributed by atoms with Crippen molar-refractivity contribution < 1.29 is 0 Å². The van der Waals surface area contributed by atoms with Crippen molar-refractivity contribution in [2.24, 2.45) is 4.99 Å². The van der Waals surface area contributed by atoms with Gasteiger partial charge in [-0.15, -0.1) is 0 Å². The van der Waals surface area contributed by atoms with Gasteiger partial charge in [-0.3, -0.25) is 4.99 Å². The van der Waals surface area contributed by atoms with Crippen molar-refractivity contribution in [2.45, 2.75) is 16.3 Å². The van der Waals surface area contributed by atoms with Crippen LogP contribution in [0.25, 0.3) is 0 Å². The number of hydrogen-bond donors (Lipinski definition) is 0. The van der Waals surface area contributed by atoms with E-state index in [1.165, 1.54) is 0 Å². The summed E-state index contributed by atoms with van der Waals surface area (Å²) in [7, 11) is 0. The lowest BCUT2D eigenvalue weighted by Crippen LogP contribution is -2.16. The molecular weight excluding hydrogens is 339 g/mol. The molecule has 0 heterocycles. The zero-order valence-corrected chi connectivity index (χ0v) is 13.9. The van der Waals surface area contributed by atoms with Crippen molar-refractivity contribution in [3.05, 3.63) is 71.8 Å². The molecule has 0 aliphatic carbocycles. The number of nitriles is 1. The molecule has 0 aromatic heterocycles. The summed E-state index contributed by atoms with van der Waals surface area (Å²) in [5.41, 5.74) is 2.54. The summed E-state index contributed by atoms with van der Waals surface area (Å²) in [6.07, 6.45) is 0.0390. The van der Waals surface area contributed by atoms with Gasteiger partial charge in [0, 0.05) is 17.5 Å². The Bertz CT molecular complexity index is 629. The van der Waals surface area contributed by atoms with Crippen LogP contribution in [0, 0.1) is 11.3 Å². The van der Waals surface area contributed by atoms with Crippen molar-refractivity contribution in [3.63, 3.8) is 0 Å². The molecule has 2 aromatic rings. The van der Waals surface area contributed by atoms with Gasteiger partial charge in [-0.2, -0.15) is 5.26 Å². The van der Waals surface area contributed by atoms with Gasteiger partial charge in [0.25, 0.3) is 0 Å². The molecule has 0 N–H and O–H groups in total. The number of halogens is 3. The van der Waals surface area contributed by atoms with Crippen LogP contribution in [0.1, 0.15) is 17.5 Å². The van der Waals surface area contributed by atoms with Crippen LogP contribution >= 0.6 is 34.8 Å². The lowest BCUT2D eigenvalue weighted by atomic mass is 10.0. The fourth-order valence-corrected chi connectivity index (χ4v) is 2.44. The topological polar surface area (TPSA) is 36.1 Å². The molecule has 0 spiro atoms. The second-order valence-corrected chi connectivity index (χ2v) is 7.19. The van der Waals surface area contributed by atoms with Crippen molar-refractivity contribution in [1.82, 2.24) is 0 Å². The highest BCUT2D eigenvalue weighted by atomic mass is 35.6. The van der Waals surface area contributed by atoms with Crippen LogP contribution in [0.2, 0.25) is 0 Å². The molecule has 1 unspecified atom stereocenters. The van der Waals surface area contributed by atoms with Gasteiger partial charge in [-0.1, -0.05) is 95.5 Å². The number of alkyl halides is 3. The molecule has 0 aliphatic heterocycles. The molecule has 0 amide bonds. The molecule has 0 fully saturated rings. The normalized spacial score (nSPS) is 12.3. The number of aliphatic imine (C=N–C) groups is 1. The standard InChI is InChI=1S/C17H13Cl3N2/c18-17(19,20)11-15(12-21)22-16(13-7-3-1-4-8-13)14-9-5-2-6-10-14/h1-10,15H,11H2. The molecule has 0 bridgehead atoms. The summed E-state index contributed by atoms with van der Waals surface area (Å²) in [5, 5.41) is 9.30. The van der Waals surface area contributed by atoms with Gasteiger partial charge in [0.05, 0.1) is 11.8 Å². The first-order valence-electron chi connectivity index (χ1n) is 6.64. The third-order valence-corrected chi connectivity index (χ3v) is 3.42. The lowest BCUT2D eigenvalue weighted by molar-refractivity contribution is 0.752. The largest absolute Gasteiger partial charge is 0.265 e. The molecule has 2 aromatic carbocycles. The highest BCUT2D eigenvalue weighted by Crippen LogP contribution is 2.32. The van der Waals surface area contributed by atoms with Crippen molar-refractivity contribution in [2.75, 3.05) is 0 Å². The maximum atomic E-state index is 9.30. The Balaban J connectivity index is 2.45. The molecule has 5 heteroatoms. The molecule has 1 atom stereocenters. The smallest absolute Gasteiger partial charge is 0.193 e. The summed E-state index contributed by atoms with van der Waals surface area (Å²) in [6, 6.07) is 20.6. The quantitative estimate of drug-likeness (QED) is 0.552. The number of hydrogen-bond acceptors (Lipinski definition) is 2. The van der Waals surface area contributed by atoms with Crippen molar-refractivity contribution in [3.8, 4) is 6.07 Å². The second-order valence-electron chi connectivity index (χ2n) is 4.67. The third kappa shape index (κ3) is 5.03. The third-order valence-electron chi connectivity index (χ3n) is 2.95. The van der Waals surface area contributed by atoms with Crippen LogP contribution < -0.4 is 0 Å². The van der Waals surface area contributed by atoms with Gasteiger partial charge in [0.15, 0.2) is 3.79 Å². The van der Waals surface area contributed by atoms with Gasteiger partial charge < -0.3 is 0 Å². The second kappa shape index (κ2) is 7.65. The molecule has 2 rings (SSSR count). The van der Waals surface area contributed by atoms with Crippen LogP contribution in [0.15, 0.2) is 65.7 Å². The van der Waals surface area contributed by atoms with E-state index in [1.54, 1.807) is 0 Å². The summed E-state index contributed by atoms with van der Waals surface area (Å²) in [6.45, 7) is 0. The summed E-state index contributed by atoms with van der Waals surface area (Å²) < 4.78 is -1.51. The summed E-state index contributed by atoms with van der Waals surface area (Å²) in [4.78, 5) is 4.52. The summed E-state index contributed by atoms with van der Waals surface area (Å²) in [5.74, 6) is 0. The zero-order chi connectivity index (χ0) is 16.0. The van der Waals surface area contributed by atoms with E-state index in [4.69, 9.17) is 34.8 Å². The monoisotopic (exact) mass is 350 g/mol. The predicted octanol–water partition coefficient (Wildman–Crippen LogP) is 5.18. The van der Waals surface area contributed by atoms with E-state index in [0.29, 0.717) is 5.71 Å². The molecule has 0 radical (unpaired) electrons. The minimum atomic E-state index is -1.51. The highest BCUT2D eigenvalue weighted by molar-refractivity contribution is 6.67. The molecule has 2 nitrogen and oxygen atoms in total. The molecule has 0 saturated heterocycles. The molecule has 0 saturated carbocycles. The molecule has 112 valence electrons. The Hall–Kier alpha value is -1.53. The van der Waals surface area contributed by atoms with E-state index in [2.05, 4.69) is 11.1 Å². The van der Waals surface area contributed by atoms with Crippen LogP contribution in [-0.4, -0.2) is 15.5 Å². The first-order chi connectivity index (χ1) is 10.5. The Morgan fingerprint density at radius 2 is 1.41 bits per heavy atom. The zero-order valence-electron chi connectivity index (χ0n) is 11.6.